The van der Waals surface area contributed by atoms with E-state index in [0.29, 0.717) is 22.1 Å². The molecule has 0 aliphatic carbocycles. The first kappa shape index (κ1) is 20.1. The van der Waals surface area contributed by atoms with Crippen molar-refractivity contribution < 1.29 is 8.42 Å². The van der Waals surface area contributed by atoms with Gasteiger partial charge in [0.15, 0.2) is 0 Å². The topological polar surface area (TPSA) is 138 Å². The Kier molecular flexibility index (Phi) is 4.10. The molecule has 33 heavy (non-hydrogen) atoms. The molecule has 0 bridgehead atoms. The Bertz CT molecular complexity index is 1750. The summed E-state index contributed by atoms with van der Waals surface area (Å²) < 4.78 is 32.1. The number of rotatable bonds is 2. The number of nitrogen functional groups attached to an aromatic ring is 4. The van der Waals surface area contributed by atoms with Crippen molar-refractivity contribution in [2.75, 3.05) is 22.9 Å². The van der Waals surface area contributed by atoms with Crippen molar-refractivity contribution in [1.82, 2.24) is 0 Å². The van der Waals surface area contributed by atoms with Gasteiger partial charge in [0.1, 0.15) is 9.79 Å². The molecule has 2 heterocycles. The third kappa shape index (κ3) is 2.80. The molecule has 6 nitrogen and oxygen atoms in total. The Morgan fingerprint density at radius 1 is 0.545 bits per heavy atom. The van der Waals surface area contributed by atoms with Crippen LogP contribution in [0.3, 0.4) is 0 Å². The Labute approximate surface area is 196 Å². The van der Waals surface area contributed by atoms with Gasteiger partial charge >= 0.3 is 0 Å². The largest absolute Gasteiger partial charge is 0.399 e. The fourth-order valence-corrected chi connectivity index (χ4v) is 8.81. The fraction of sp³-hybridized carbons (Fsp3) is 0. The van der Waals surface area contributed by atoms with E-state index >= 15 is 0 Å². The first-order valence-electron chi connectivity index (χ1n) is 10.0. The van der Waals surface area contributed by atoms with Crippen LogP contribution >= 0.6 is 22.7 Å². The molecule has 4 aromatic carbocycles. The summed E-state index contributed by atoms with van der Waals surface area (Å²) in [5.41, 5.74) is 26.2. The highest BCUT2D eigenvalue weighted by Crippen LogP contribution is 2.47. The van der Waals surface area contributed by atoms with Crippen LogP contribution in [-0.4, -0.2) is 8.42 Å². The second kappa shape index (κ2) is 6.74. The minimum Gasteiger partial charge on any atom is -0.399 e. The van der Waals surface area contributed by atoms with Crippen molar-refractivity contribution in [2.45, 2.75) is 9.79 Å². The number of anilines is 4. The third-order valence-electron chi connectivity index (χ3n) is 5.83. The van der Waals surface area contributed by atoms with Crippen LogP contribution in [0.15, 0.2) is 70.5 Å². The predicted molar refractivity (Wildman–Crippen MR) is 142 cm³/mol. The quantitative estimate of drug-likeness (QED) is 0.234. The Balaban J connectivity index is 1.78. The molecule has 164 valence electrons. The van der Waals surface area contributed by atoms with Crippen LogP contribution in [0.1, 0.15) is 0 Å². The number of hydrogen-bond donors (Lipinski definition) is 4. The number of thiophene rings is 2. The molecule has 0 radical (unpaired) electrons. The minimum absolute atomic E-state index is 0.0741. The molecule has 0 spiro atoms. The average molecular weight is 491 g/mol. The summed E-state index contributed by atoms with van der Waals surface area (Å²) in [6, 6.07) is 17.9. The number of benzene rings is 4. The molecule has 6 aromatic rings. The molecule has 0 fully saturated rings. The zero-order valence-corrected chi connectivity index (χ0v) is 19.6. The van der Waals surface area contributed by atoms with Crippen LogP contribution in [0.4, 0.5) is 22.7 Å². The number of fused-ring (bicyclic) bond motifs is 6. The second-order valence-electron chi connectivity index (χ2n) is 7.93. The first-order chi connectivity index (χ1) is 15.8. The second-order valence-corrected chi connectivity index (χ2v) is 11.9. The maximum atomic E-state index is 14.3. The maximum Gasteiger partial charge on any atom is 0.211 e. The summed E-state index contributed by atoms with van der Waals surface area (Å²) in [6.07, 6.45) is 0. The normalized spacial score (nSPS) is 12.4. The van der Waals surface area contributed by atoms with Gasteiger partial charge in [-0.1, -0.05) is 12.1 Å². The molecule has 6 rings (SSSR count). The lowest BCUT2D eigenvalue weighted by Crippen LogP contribution is -2.09. The molecule has 0 aliphatic heterocycles. The van der Waals surface area contributed by atoms with Crippen LogP contribution < -0.4 is 22.9 Å². The van der Waals surface area contributed by atoms with E-state index in [2.05, 4.69) is 0 Å². The van der Waals surface area contributed by atoms with Gasteiger partial charge in [0.05, 0.1) is 11.4 Å². The zero-order chi connectivity index (χ0) is 23.1. The number of hydrogen-bond acceptors (Lipinski definition) is 8. The summed E-state index contributed by atoms with van der Waals surface area (Å²) >= 11 is 2.96. The SMILES string of the molecule is Nc1ccc2c(c1)sc1ccc(N)c(S(=O)(=O)c3c(N)ccc4sc5cc(N)ccc5c34)c12. The van der Waals surface area contributed by atoms with Crippen LogP contribution in [0, 0.1) is 0 Å². The predicted octanol–water partition coefficient (Wildman–Crippen LogP) is 5.58. The third-order valence-corrected chi connectivity index (χ3v) is 10.0. The van der Waals surface area contributed by atoms with Gasteiger partial charge in [-0.2, -0.15) is 0 Å². The van der Waals surface area contributed by atoms with Gasteiger partial charge in [-0.3, -0.25) is 0 Å². The molecule has 0 saturated carbocycles. The lowest BCUT2D eigenvalue weighted by molar-refractivity contribution is 0.598. The van der Waals surface area contributed by atoms with Gasteiger partial charge in [-0.05, 0) is 48.5 Å². The van der Waals surface area contributed by atoms with E-state index in [9.17, 15) is 8.42 Å². The van der Waals surface area contributed by atoms with Crippen molar-refractivity contribution in [3.05, 3.63) is 60.7 Å². The van der Waals surface area contributed by atoms with E-state index in [4.69, 9.17) is 22.9 Å². The molecule has 2 aromatic heterocycles. The van der Waals surface area contributed by atoms with E-state index in [-0.39, 0.29) is 21.2 Å². The van der Waals surface area contributed by atoms with E-state index in [1.165, 1.54) is 22.7 Å². The highest BCUT2D eigenvalue weighted by atomic mass is 32.2. The standard InChI is InChI=1S/C24H18N4O2S3/c25-11-1-3-13-19(9-11)31-17-7-5-15(27)23(21(13)17)33(29,30)24-16(28)6-8-18-22(24)14-4-2-12(26)10-20(14)32-18/h1-10H,25-28H2. The molecule has 0 unspecified atom stereocenters. The molecule has 8 N–H and O–H groups in total. The van der Waals surface area contributed by atoms with Crippen LogP contribution in [-0.2, 0) is 9.84 Å². The van der Waals surface area contributed by atoms with Gasteiger partial charge in [0.25, 0.3) is 0 Å². The molecule has 0 atom stereocenters. The zero-order valence-electron chi connectivity index (χ0n) is 17.1. The van der Waals surface area contributed by atoms with Gasteiger partial charge in [-0.25, -0.2) is 8.42 Å². The lowest BCUT2D eigenvalue weighted by atomic mass is 10.1. The van der Waals surface area contributed by atoms with E-state index < -0.39 is 9.84 Å². The Morgan fingerprint density at radius 3 is 1.39 bits per heavy atom. The highest BCUT2D eigenvalue weighted by Gasteiger charge is 2.30. The summed E-state index contributed by atoms with van der Waals surface area (Å²) in [4.78, 5) is 0.148. The van der Waals surface area contributed by atoms with Gasteiger partial charge in [-0.15, -0.1) is 22.7 Å². The van der Waals surface area contributed by atoms with Crippen molar-refractivity contribution in [2.24, 2.45) is 0 Å². The smallest absolute Gasteiger partial charge is 0.211 e. The van der Waals surface area contributed by atoms with Gasteiger partial charge < -0.3 is 22.9 Å². The number of sulfone groups is 1. The van der Waals surface area contributed by atoms with Crippen molar-refractivity contribution >= 4 is 95.6 Å². The van der Waals surface area contributed by atoms with Crippen molar-refractivity contribution in [3.8, 4) is 0 Å². The van der Waals surface area contributed by atoms with Crippen LogP contribution in [0.5, 0.6) is 0 Å². The van der Waals surface area contributed by atoms with E-state index in [0.717, 1.165) is 29.6 Å². The Morgan fingerprint density at radius 2 is 0.970 bits per heavy atom. The van der Waals surface area contributed by atoms with E-state index in [1.807, 2.05) is 36.4 Å². The molecule has 0 saturated heterocycles. The highest BCUT2D eigenvalue weighted by molar-refractivity contribution is 7.92. The first-order valence-corrected chi connectivity index (χ1v) is 13.1. The van der Waals surface area contributed by atoms with Gasteiger partial charge in [0, 0.05) is 51.7 Å². The van der Waals surface area contributed by atoms with Crippen LogP contribution in [0.25, 0.3) is 40.3 Å². The van der Waals surface area contributed by atoms with Crippen LogP contribution in [0.2, 0.25) is 0 Å². The summed E-state index contributed by atoms with van der Waals surface area (Å²) in [7, 11) is -4.10. The average Bonchev–Trinajstić information content (AvgIpc) is 3.30. The fourth-order valence-electron chi connectivity index (χ4n) is 4.42. The van der Waals surface area contributed by atoms with Crippen molar-refractivity contribution in [1.29, 1.82) is 0 Å². The molecular weight excluding hydrogens is 472 g/mol. The molecule has 0 aliphatic rings. The monoisotopic (exact) mass is 490 g/mol. The van der Waals surface area contributed by atoms with E-state index in [1.54, 1.807) is 24.3 Å². The summed E-state index contributed by atoms with van der Waals surface area (Å²) in [6.45, 7) is 0. The summed E-state index contributed by atoms with van der Waals surface area (Å²) in [5, 5.41) is 2.78. The molecular formula is C24H18N4O2S3. The maximum absolute atomic E-state index is 14.3. The Hall–Kier alpha value is -3.53. The summed E-state index contributed by atoms with van der Waals surface area (Å²) in [5.74, 6) is 0. The van der Waals surface area contributed by atoms with Crippen molar-refractivity contribution in [3.63, 3.8) is 0 Å². The molecule has 9 heteroatoms. The lowest BCUT2D eigenvalue weighted by Gasteiger charge is -2.13. The number of nitrogens with two attached hydrogens (primary N) is 4. The van der Waals surface area contributed by atoms with Gasteiger partial charge in [0.2, 0.25) is 9.84 Å². The minimum atomic E-state index is -4.10. The molecule has 0 amide bonds.